The zero-order valence-corrected chi connectivity index (χ0v) is 14.6. The lowest BCUT2D eigenvalue weighted by atomic mass is 10.1. The summed E-state index contributed by atoms with van der Waals surface area (Å²) in [5.41, 5.74) is 1.93. The fourth-order valence-corrected chi connectivity index (χ4v) is 2.34. The van der Waals surface area contributed by atoms with E-state index < -0.39 is 6.04 Å². The summed E-state index contributed by atoms with van der Waals surface area (Å²) in [5, 5.41) is 2.63. The summed E-state index contributed by atoms with van der Waals surface area (Å²) < 4.78 is 10.9. The normalized spacial score (nSPS) is 11.2. The lowest BCUT2D eigenvalue weighted by molar-refractivity contribution is -0.145. The number of amides is 1. The number of ether oxygens (including phenoxy) is 2. The van der Waals surface area contributed by atoms with Gasteiger partial charge in [0, 0.05) is 6.42 Å². The second-order valence-corrected chi connectivity index (χ2v) is 5.76. The number of carbonyl (C=O) groups is 2. The van der Waals surface area contributed by atoms with E-state index in [0.29, 0.717) is 25.2 Å². The number of hydrogen-bond acceptors (Lipinski definition) is 4. The second-order valence-electron chi connectivity index (χ2n) is 5.76. The molecule has 0 aliphatic rings. The first-order valence-corrected chi connectivity index (χ1v) is 8.44. The molecule has 0 aliphatic carbocycles. The number of nitrogens with one attached hydrogen (secondary N) is 1. The predicted octanol–water partition coefficient (Wildman–Crippen LogP) is 3.36. The fraction of sp³-hybridized carbons (Fsp3) is 0.238. The van der Waals surface area contributed by atoms with Crippen molar-refractivity contribution in [1.82, 2.24) is 5.32 Å². The van der Waals surface area contributed by atoms with Crippen LogP contribution >= 0.6 is 0 Å². The Balaban J connectivity index is 1.76. The molecule has 136 valence electrons. The number of benzene rings is 2. The van der Waals surface area contributed by atoms with Crippen LogP contribution in [-0.2, 0) is 32.3 Å². The Labute approximate surface area is 153 Å². The maximum absolute atomic E-state index is 11.9. The molecule has 0 aromatic heterocycles. The van der Waals surface area contributed by atoms with Crippen LogP contribution in [0.5, 0.6) is 0 Å². The predicted molar refractivity (Wildman–Crippen MR) is 98.8 cm³/mol. The summed E-state index contributed by atoms with van der Waals surface area (Å²) in [5.74, 6) is 0.0826. The van der Waals surface area contributed by atoms with Gasteiger partial charge in [0.2, 0.25) is 6.41 Å². The molecule has 0 saturated carbocycles. The molecule has 1 amide bonds. The minimum absolute atomic E-state index is 0.159. The van der Waals surface area contributed by atoms with Gasteiger partial charge in [-0.3, -0.25) is 9.59 Å². The molecule has 0 fully saturated rings. The van der Waals surface area contributed by atoms with Gasteiger partial charge < -0.3 is 14.8 Å². The summed E-state index contributed by atoms with van der Waals surface area (Å²) in [6, 6.07) is 18.7. The highest BCUT2D eigenvalue weighted by Gasteiger charge is 2.16. The Morgan fingerprint density at radius 3 is 2.04 bits per heavy atom. The first kappa shape index (κ1) is 19.2. The molecule has 5 nitrogen and oxygen atoms in total. The van der Waals surface area contributed by atoms with Gasteiger partial charge in [0.1, 0.15) is 19.0 Å². The van der Waals surface area contributed by atoms with Crippen molar-refractivity contribution < 1.29 is 19.1 Å². The van der Waals surface area contributed by atoms with E-state index in [0.717, 1.165) is 11.1 Å². The molecule has 5 heteroatoms. The Hall–Kier alpha value is -3.08. The average Bonchev–Trinajstić information content (AvgIpc) is 2.69. The first-order chi connectivity index (χ1) is 12.7. The highest BCUT2D eigenvalue weighted by atomic mass is 16.5. The van der Waals surface area contributed by atoms with Crippen LogP contribution in [0.3, 0.4) is 0 Å². The number of hydrogen-bond donors (Lipinski definition) is 1. The van der Waals surface area contributed by atoms with Crippen molar-refractivity contribution in [3.63, 3.8) is 0 Å². The molecule has 0 aliphatic heterocycles. The largest absolute Gasteiger partial charge is 0.492 e. The monoisotopic (exact) mass is 353 g/mol. The van der Waals surface area contributed by atoms with Gasteiger partial charge in [-0.1, -0.05) is 67.2 Å². The number of carbonyl (C=O) groups excluding carboxylic acids is 2. The first-order valence-electron chi connectivity index (χ1n) is 8.44. The summed E-state index contributed by atoms with van der Waals surface area (Å²) >= 11 is 0. The Kier molecular flexibility index (Phi) is 7.93. The Morgan fingerprint density at radius 1 is 0.962 bits per heavy atom. The highest BCUT2D eigenvalue weighted by Crippen LogP contribution is 2.13. The van der Waals surface area contributed by atoms with Crippen LogP contribution in [0, 0.1) is 0 Å². The van der Waals surface area contributed by atoms with Gasteiger partial charge in [0.25, 0.3) is 0 Å². The molecule has 0 radical (unpaired) electrons. The highest BCUT2D eigenvalue weighted by molar-refractivity contribution is 5.69. The maximum atomic E-state index is 11.9. The molecular formula is C21H23NO4. The Bertz CT molecular complexity index is 700. The van der Waals surface area contributed by atoms with Crippen molar-refractivity contribution in [3.05, 3.63) is 84.1 Å². The molecule has 0 spiro atoms. The fourth-order valence-electron chi connectivity index (χ4n) is 2.34. The molecule has 0 heterocycles. The van der Waals surface area contributed by atoms with Crippen molar-refractivity contribution in [3.8, 4) is 0 Å². The molecule has 1 N–H and O–H groups in total. The molecule has 2 aromatic carbocycles. The molecule has 0 bridgehead atoms. The molecule has 26 heavy (non-hydrogen) atoms. The van der Waals surface area contributed by atoms with Crippen molar-refractivity contribution in [2.24, 2.45) is 0 Å². The van der Waals surface area contributed by atoms with Gasteiger partial charge in [-0.15, -0.1) is 0 Å². The van der Waals surface area contributed by atoms with Crippen LogP contribution < -0.4 is 5.32 Å². The summed E-state index contributed by atoms with van der Waals surface area (Å²) in [6.07, 6.45) is 1.10. The third-order valence-corrected chi connectivity index (χ3v) is 3.80. The third kappa shape index (κ3) is 6.81. The molecule has 1 atom stereocenters. The van der Waals surface area contributed by atoms with Gasteiger partial charge >= 0.3 is 5.97 Å². The van der Waals surface area contributed by atoms with E-state index in [9.17, 15) is 9.59 Å². The molecule has 0 saturated heterocycles. The standard InChI is InChI=1S/C21H23NO4/c1-17(25-14-18-8-4-2-5-9-18)20(22-16-23)12-13-21(24)26-15-19-10-6-3-7-11-19/h2-11,16,20H,1,12-15H2,(H,22,23). The Morgan fingerprint density at radius 2 is 1.50 bits per heavy atom. The van der Waals surface area contributed by atoms with E-state index in [1.165, 1.54) is 0 Å². The van der Waals surface area contributed by atoms with Gasteiger partial charge in [-0.25, -0.2) is 0 Å². The molecule has 2 aromatic rings. The van der Waals surface area contributed by atoms with E-state index in [4.69, 9.17) is 9.47 Å². The smallest absolute Gasteiger partial charge is 0.306 e. The quantitative estimate of drug-likeness (QED) is 0.382. The van der Waals surface area contributed by atoms with Crippen LogP contribution in [0.4, 0.5) is 0 Å². The zero-order chi connectivity index (χ0) is 18.6. The van der Waals surface area contributed by atoms with E-state index in [-0.39, 0.29) is 19.0 Å². The van der Waals surface area contributed by atoms with Gasteiger partial charge in [-0.05, 0) is 17.5 Å². The van der Waals surface area contributed by atoms with Crippen LogP contribution in [0.25, 0.3) is 0 Å². The van der Waals surface area contributed by atoms with Gasteiger partial charge in [0.05, 0.1) is 6.04 Å². The topological polar surface area (TPSA) is 64.6 Å². The maximum Gasteiger partial charge on any atom is 0.306 e. The van der Waals surface area contributed by atoms with E-state index in [1.807, 2.05) is 60.7 Å². The summed E-state index contributed by atoms with van der Waals surface area (Å²) in [6.45, 7) is 4.45. The molecule has 2 rings (SSSR count). The van der Waals surface area contributed by atoms with Crippen LogP contribution in [0.15, 0.2) is 73.0 Å². The second kappa shape index (κ2) is 10.7. The van der Waals surface area contributed by atoms with E-state index in [1.54, 1.807) is 0 Å². The van der Waals surface area contributed by atoms with Gasteiger partial charge in [-0.2, -0.15) is 0 Å². The minimum Gasteiger partial charge on any atom is -0.492 e. The van der Waals surface area contributed by atoms with Crippen molar-refractivity contribution in [2.45, 2.75) is 32.1 Å². The number of rotatable bonds is 11. The van der Waals surface area contributed by atoms with E-state index in [2.05, 4.69) is 11.9 Å². The summed E-state index contributed by atoms with van der Waals surface area (Å²) in [7, 11) is 0. The van der Waals surface area contributed by atoms with E-state index >= 15 is 0 Å². The minimum atomic E-state index is -0.444. The number of esters is 1. The van der Waals surface area contributed by atoms with Crippen molar-refractivity contribution in [1.29, 1.82) is 0 Å². The lowest BCUT2D eigenvalue weighted by Crippen LogP contribution is -2.31. The van der Waals surface area contributed by atoms with Crippen LogP contribution in [0.1, 0.15) is 24.0 Å². The zero-order valence-electron chi connectivity index (χ0n) is 14.6. The van der Waals surface area contributed by atoms with Crippen LogP contribution in [0.2, 0.25) is 0 Å². The molecule has 1 unspecified atom stereocenters. The van der Waals surface area contributed by atoms with Crippen molar-refractivity contribution in [2.75, 3.05) is 0 Å². The van der Waals surface area contributed by atoms with Gasteiger partial charge in [0.15, 0.2) is 0 Å². The molecular weight excluding hydrogens is 330 g/mol. The van der Waals surface area contributed by atoms with Crippen LogP contribution in [-0.4, -0.2) is 18.4 Å². The SMILES string of the molecule is C=C(OCc1ccccc1)C(CCC(=O)OCc1ccccc1)NC=O. The van der Waals surface area contributed by atoms with Crippen molar-refractivity contribution >= 4 is 12.4 Å². The third-order valence-electron chi connectivity index (χ3n) is 3.80. The average molecular weight is 353 g/mol. The summed E-state index contributed by atoms with van der Waals surface area (Å²) in [4.78, 5) is 22.7. The lowest BCUT2D eigenvalue weighted by Gasteiger charge is -2.19.